The van der Waals surface area contributed by atoms with Crippen LogP contribution in [0, 0.1) is 0 Å². The summed E-state index contributed by atoms with van der Waals surface area (Å²) in [4.78, 5) is 44.9. The van der Waals surface area contributed by atoms with E-state index in [-0.39, 0.29) is 23.1 Å². The van der Waals surface area contributed by atoms with Gasteiger partial charge in [-0.1, -0.05) is 12.1 Å². The molecule has 1 amide bonds. The van der Waals surface area contributed by atoms with Crippen LogP contribution in [-0.4, -0.2) is 35.8 Å². The lowest BCUT2D eigenvalue weighted by Crippen LogP contribution is -2.37. The second kappa shape index (κ2) is 8.30. The molecule has 11 heteroatoms. The maximum Gasteiger partial charge on any atom is 0.332 e. The van der Waals surface area contributed by atoms with Crippen LogP contribution >= 0.6 is 0 Å². The number of amides is 1. The van der Waals surface area contributed by atoms with E-state index in [2.05, 4.69) is 20.5 Å². The molecule has 0 saturated carbocycles. The lowest BCUT2D eigenvalue weighted by atomic mass is 10.2. The summed E-state index contributed by atoms with van der Waals surface area (Å²) in [5.41, 5.74) is 3.03. The zero-order valence-corrected chi connectivity index (χ0v) is 17.5. The Morgan fingerprint density at radius 3 is 2.66 bits per heavy atom. The van der Waals surface area contributed by atoms with E-state index in [1.165, 1.54) is 35.6 Å². The van der Waals surface area contributed by atoms with E-state index >= 15 is 0 Å². The molecule has 0 atom stereocenters. The Balaban J connectivity index is 1.56. The first-order chi connectivity index (χ1) is 15.4. The Hall–Kier alpha value is -4.54. The van der Waals surface area contributed by atoms with E-state index in [9.17, 15) is 14.4 Å². The summed E-state index contributed by atoms with van der Waals surface area (Å²) in [5, 5.41) is 3.95. The number of imidazole rings is 1. The largest absolute Gasteiger partial charge is 0.425 e. The molecule has 0 saturated heterocycles. The molecule has 0 spiro atoms. The van der Waals surface area contributed by atoms with Gasteiger partial charge < -0.3 is 4.74 Å². The number of aromatic nitrogens is 5. The molecule has 4 aromatic rings. The van der Waals surface area contributed by atoms with Crippen LogP contribution in [0.2, 0.25) is 0 Å². The number of nitrogens with one attached hydrogen (secondary N) is 1. The third-order valence-corrected chi connectivity index (χ3v) is 4.81. The zero-order valence-electron chi connectivity index (χ0n) is 17.5. The molecule has 32 heavy (non-hydrogen) atoms. The third-order valence-electron chi connectivity index (χ3n) is 4.81. The molecule has 0 radical (unpaired) electrons. The number of hydrogen-bond donors (Lipinski definition) is 1. The number of rotatable bonds is 5. The first kappa shape index (κ1) is 20.7. The van der Waals surface area contributed by atoms with Crippen molar-refractivity contribution in [3.05, 3.63) is 80.8 Å². The van der Waals surface area contributed by atoms with Crippen molar-refractivity contribution in [2.75, 3.05) is 0 Å². The molecule has 11 nitrogen and oxygen atoms in total. The Morgan fingerprint density at radius 2 is 1.91 bits per heavy atom. The van der Waals surface area contributed by atoms with Gasteiger partial charge >= 0.3 is 11.7 Å². The second-order valence-corrected chi connectivity index (χ2v) is 6.95. The number of nitrogens with zero attached hydrogens (tertiary/aromatic N) is 6. The number of carbonyl (C=O) groups excluding carboxylic acids is 1. The summed E-state index contributed by atoms with van der Waals surface area (Å²) in [5.74, 6) is 0.0569. The summed E-state index contributed by atoms with van der Waals surface area (Å²) in [7, 11) is 4.58. The molecule has 0 aliphatic rings. The van der Waals surface area contributed by atoms with Crippen molar-refractivity contribution in [3.8, 4) is 11.8 Å². The summed E-state index contributed by atoms with van der Waals surface area (Å²) in [6.07, 6.45) is 4.49. The number of hydrazone groups is 1. The lowest BCUT2D eigenvalue weighted by Gasteiger charge is -2.06. The molecule has 3 aromatic heterocycles. The average Bonchev–Trinajstić information content (AvgIpc) is 3.13. The fourth-order valence-corrected chi connectivity index (χ4v) is 3.08. The normalized spacial score (nSPS) is 11.2. The maximum absolute atomic E-state index is 12.5. The number of aryl methyl sites for hydroxylation is 2. The molecular formula is C21H19N7O4. The smallest absolute Gasteiger partial charge is 0.332 e. The van der Waals surface area contributed by atoms with Gasteiger partial charge in [-0.25, -0.2) is 10.2 Å². The van der Waals surface area contributed by atoms with E-state index < -0.39 is 11.2 Å². The minimum atomic E-state index is -0.473. The van der Waals surface area contributed by atoms with Gasteiger partial charge in [0, 0.05) is 33.5 Å². The van der Waals surface area contributed by atoms with Gasteiger partial charge in [0.05, 0.1) is 11.8 Å². The number of hydrogen-bond acceptors (Lipinski definition) is 7. The SMILES string of the molecule is Cn1c(=O)c2c(nc(Oc3cccc(/C=N\NC(=O)c4cccnc4)c3)n2C)n(C)c1=O. The van der Waals surface area contributed by atoms with Gasteiger partial charge in [0.1, 0.15) is 5.75 Å². The van der Waals surface area contributed by atoms with Crippen molar-refractivity contribution in [3.63, 3.8) is 0 Å². The van der Waals surface area contributed by atoms with Gasteiger partial charge in [-0.3, -0.25) is 28.3 Å². The molecule has 0 aliphatic carbocycles. The fraction of sp³-hybridized carbons (Fsp3) is 0.143. The minimum Gasteiger partial charge on any atom is -0.425 e. The van der Waals surface area contributed by atoms with Crippen molar-refractivity contribution in [2.24, 2.45) is 26.2 Å². The quantitative estimate of drug-likeness (QED) is 0.369. The van der Waals surface area contributed by atoms with Gasteiger partial charge in [-0.2, -0.15) is 10.1 Å². The van der Waals surface area contributed by atoms with Gasteiger partial charge in [0.2, 0.25) is 0 Å². The average molecular weight is 433 g/mol. The van der Waals surface area contributed by atoms with Crippen molar-refractivity contribution < 1.29 is 9.53 Å². The van der Waals surface area contributed by atoms with E-state index in [1.807, 2.05) is 0 Å². The first-order valence-corrected chi connectivity index (χ1v) is 9.50. The van der Waals surface area contributed by atoms with Gasteiger partial charge in [0.25, 0.3) is 11.5 Å². The zero-order chi connectivity index (χ0) is 22.8. The number of carbonyl (C=O) groups is 1. The molecule has 3 heterocycles. The predicted molar refractivity (Wildman–Crippen MR) is 117 cm³/mol. The lowest BCUT2D eigenvalue weighted by molar-refractivity contribution is 0.0955. The number of benzene rings is 1. The van der Waals surface area contributed by atoms with Crippen LogP contribution < -0.4 is 21.4 Å². The molecule has 0 aliphatic heterocycles. The molecule has 0 unspecified atom stereocenters. The molecule has 1 N–H and O–H groups in total. The number of ether oxygens (including phenoxy) is 1. The van der Waals surface area contributed by atoms with Crippen molar-refractivity contribution in [2.45, 2.75) is 0 Å². The summed E-state index contributed by atoms with van der Waals surface area (Å²) >= 11 is 0. The van der Waals surface area contributed by atoms with E-state index in [4.69, 9.17) is 4.74 Å². The molecule has 0 bridgehead atoms. The Morgan fingerprint density at radius 1 is 1.09 bits per heavy atom. The number of fused-ring (bicyclic) bond motifs is 1. The fourth-order valence-electron chi connectivity index (χ4n) is 3.08. The Kier molecular flexibility index (Phi) is 5.37. The monoisotopic (exact) mass is 433 g/mol. The van der Waals surface area contributed by atoms with Crippen LogP contribution in [0.1, 0.15) is 15.9 Å². The van der Waals surface area contributed by atoms with Gasteiger partial charge in [-0.05, 0) is 29.8 Å². The van der Waals surface area contributed by atoms with Crippen LogP contribution in [0.3, 0.4) is 0 Å². The van der Waals surface area contributed by atoms with Crippen LogP contribution in [-0.2, 0) is 21.1 Å². The topological polar surface area (TPSA) is 125 Å². The van der Waals surface area contributed by atoms with Crippen LogP contribution in [0.5, 0.6) is 11.8 Å². The van der Waals surface area contributed by atoms with Crippen LogP contribution in [0.15, 0.2) is 63.5 Å². The van der Waals surface area contributed by atoms with Gasteiger partial charge in [0.15, 0.2) is 11.2 Å². The summed E-state index contributed by atoms with van der Waals surface area (Å²) < 4.78 is 9.65. The Bertz CT molecular complexity index is 1470. The van der Waals surface area contributed by atoms with Crippen molar-refractivity contribution in [1.82, 2.24) is 29.1 Å². The number of pyridine rings is 1. The van der Waals surface area contributed by atoms with Crippen LogP contribution in [0.25, 0.3) is 11.2 Å². The van der Waals surface area contributed by atoms with E-state index in [0.717, 1.165) is 4.57 Å². The van der Waals surface area contributed by atoms with E-state index in [0.29, 0.717) is 16.9 Å². The molecule has 0 fully saturated rings. The highest BCUT2D eigenvalue weighted by Crippen LogP contribution is 2.23. The molecule has 4 rings (SSSR count). The second-order valence-electron chi connectivity index (χ2n) is 6.95. The first-order valence-electron chi connectivity index (χ1n) is 9.50. The predicted octanol–water partition coefficient (Wildman–Crippen LogP) is 0.922. The molecule has 1 aromatic carbocycles. The molecule has 162 valence electrons. The maximum atomic E-state index is 12.5. The van der Waals surface area contributed by atoms with E-state index in [1.54, 1.807) is 49.6 Å². The summed E-state index contributed by atoms with van der Waals surface area (Å²) in [6.45, 7) is 0. The van der Waals surface area contributed by atoms with Crippen LogP contribution in [0.4, 0.5) is 0 Å². The molecular weight excluding hydrogens is 414 g/mol. The van der Waals surface area contributed by atoms with Gasteiger partial charge in [-0.15, -0.1) is 0 Å². The van der Waals surface area contributed by atoms with Crippen molar-refractivity contribution >= 4 is 23.3 Å². The third kappa shape index (κ3) is 3.78. The highest BCUT2D eigenvalue weighted by molar-refractivity contribution is 5.94. The highest BCUT2D eigenvalue weighted by Gasteiger charge is 2.18. The summed E-state index contributed by atoms with van der Waals surface area (Å²) in [6, 6.07) is 10.4. The van der Waals surface area contributed by atoms with Crippen molar-refractivity contribution in [1.29, 1.82) is 0 Å². The minimum absolute atomic E-state index is 0.150. The Labute approximate surface area is 181 Å². The standard InChI is InChI=1S/C21H19N7O4/c1-26-16-17(27(2)21(31)28(3)19(16)30)24-20(26)32-15-8-4-6-13(10-15)11-23-25-18(29)14-7-5-9-22-12-14/h4-12H,1-3H3,(H,25,29)/b23-11-. The highest BCUT2D eigenvalue weighted by atomic mass is 16.5.